The first-order chi connectivity index (χ1) is 8.97. The molecule has 0 aromatic heterocycles. The van der Waals surface area contributed by atoms with Crippen LogP contribution in [0.4, 0.5) is 0 Å². The number of nitrogens with one attached hydrogen (secondary N) is 1. The lowest BCUT2D eigenvalue weighted by Crippen LogP contribution is -2.12. The van der Waals surface area contributed by atoms with Crippen LogP contribution in [0.2, 0.25) is 15.1 Å². The second-order valence-corrected chi connectivity index (χ2v) is 6.10. The number of benzene rings is 2. The van der Waals surface area contributed by atoms with Crippen LogP contribution < -0.4 is 5.73 Å². The van der Waals surface area contributed by atoms with Gasteiger partial charge >= 0.3 is 0 Å². The Morgan fingerprint density at radius 2 is 1.74 bits per heavy atom. The van der Waals surface area contributed by atoms with E-state index in [1.807, 2.05) is 12.1 Å². The van der Waals surface area contributed by atoms with Crippen molar-refractivity contribution in [2.45, 2.75) is 9.79 Å². The van der Waals surface area contributed by atoms with Crippen LogP contribution in [0.5, 0.6) is 0 Å². The summed E-state index contributed by atoms with van der Waals surface area (Å²) in [5.41, 5.74) is 6.16. The molecule has 2 aromatic carbocycles. The topological polar surface area (TPSA) is 49.9 Å². The SMILES string of the molecule is N=C(N)c1cc(Cl)ccc1Sc1ccc(Cl)c(Cl)c1. The molecule has 0 atom stereocenters. The number of rotatable bonds is 3. The van der Waals surface area contributed by atoms with Crippen LogP contribution in [0, 0.1) is 5.41 Å². The zero-order chi connectivity index (χ0) is 14.0. The first-order valence-corrected chi connectivity index (χ1v) is 7.19. The largest absolute Gasteiger partial charge is 0.384 e. The van der Waals surface area contributed by atoms with Gasteiger partial charge in [0.05, 0.1) is 10.0 Å². The van der Waals surface area contributed by atoms with Crippen LogP contribution >= 0.6 is 46.6 Å². The second-order valence-electron chi connectivity index (χ2n) is 3.73. The normalized spacial score (nSPS) is 10.5. The van der Waals surface area contributed by atoms with Crippen molar-refractivity contribution in [3.05, 3.63) is 57.0 Å². The van der Waals surface area contributed by atoms with Crippen LogP contribution in [0.25, 0.3) is 0 Å². The maximum absolute atomic E-state index is 7.57. The molecule has 0 fully saturated rings. The van der Waals surface area contributed by atoms with E-state index in [0.29, 0.717) is 20.6 Å². The number of halogens is 3. The molecule has 6 heteroatoms. The van der Waals surface area contributed by atoms with Crippen molar-refractivity contribution in [2.24, 2.45) is 5.73 Å². The van der Waals surface area contributed by atoms with Crippen LogP contribution in [0.1, 0.15) is 5.56 Å². The lowest BCUT2D eigenvalue weighted by molar-refractivity contribution is 1.33. The number of nitrogen functional groups attached to an aromatic ring is 1. The first-order valence-electron chi connectivity index (χ1n) is 5.24. The molecule has 0 amide bonds. The van der Waals surface area contributed by atoms with Gasteiger partial charge in [0.25, 0.3) is 0 Å². The Bertz CT molecular complexity index is 644. The van der Waals surface area contributed by atoms with E-state index in [1.165, 1.54) is 11.8 Å². The Morgan fingerprint density at radius 3 is 2.37 bits per heavy atom. The molecule has 0 aliphatic rings. The molecule has 0 unspecified atom stereocenters. The Labute approximate surface area is 130 Å². The molecule has 19 heavy (non-hydrogen) atoms. The molecular formula is C13H9Cl3N2S. The maximum Gasteiger partial charge on any atom is 0.123 e. The smallest absolute Gasteiger partial charge is 0.123 e. The summed E-state index contributed by atoms with van der Waals surface area (Å²) in [6.45, 7) is 0. The molecule has 0 saturated heterocycles. The minimum atomic E-state index is -0.0231. The van der Waals surface area contributed by atoms with E-state index in [1.54, 1.807) is 24.3 Å². The molecule has 2 rings (SSSR count). The minimum Gasteiger partial charge on any atom is -0.384 e. The van der Waals surface area contributed by atoms with Crippen molar-refractivity contribution in [1.82, 2.24) is 0 Å². The molecule has 98 valence electrons. The fourth-order valence-corrected chi connectivity index (χ4v) is 2.99. The minimum absolute atomic E-state index is 0.0231. The van der Waals surface area contributed by atoms with Crippen molar-refractivity contribution in [1.29, 1.82) is 5.41 Å². The highest BCUT2D eigenvalue weighted by Gasteiger charge is 2.09. The van der Waals surface area contributed by atoms with Gasteiger partial charge in [-0.05, 0) is 36.4 Å². The van der Waals surface area contributed by atoms with Crippen molar-refractivity contribution in [2.75, 3.05) is 0 Å². The number of hydrogen-bond acceptors (Lipinski definition) is 2. The van der Waals surface area contributed by atoms with Gasteiger partial charge in [0.2, 0.25) is 0 Å². The highest BCUT2D eigenvalue weighted by Crippen LogP contribution is 2.35. The number of hydrogen-bond donors (Lipinski definition) is 2. The van der Waals surface area contributed by atoms with Crippen LogP contribution in [0.15, 0.2) is 46.2 Å². The monoisotopic (exact) mass is 330 g/mol. The van der Waals surface area contributed by atoms with E-state index in [2.05, 4.69) is 0 Å². The molecule has 0 heterocycles. The third-order valence-electron chi connectivity index (χ3n) is 2.35. The van der Waals surface area contributed by atoms with E-state index in [0.717, 1.165) is 9.79 Å². The molecule has 0 aliphatic carbocycles. The summed E-state index contributed by atoms with van der Waals surface area (Å²) in [5, 5.41) is 9.12. The van der Waals surface area contributed by atoms with Gasteiger partial charge in [-0.2, -0.15) is 0 Å². The summed E-state index contributed by atoms with van der Waals surface area (Å²) in [5.74, 6) is -0.0231. The molecule has 2 nitrogen and oxygen atoms in total. The van der Waals surface area contributed by atoms with Gasteiger partial charge in [-0.15, -0.1) is 0 Å². The van der Waals surface area contributed by atoms with Crippen LogP contribution in [-0.2, 0) is 0 Å². The van der Waals surface area contributed by atoms with E-state index >= 15 is 0 Å². The molecule has 0 saturated carbocycles. The Balaban J connectivity index is 2.37. The number of nitrogens with two attached hydrogens (primary N) is 1. The lowest BCUT2D eigenvalue weighted by Gasteiger charge is -2.09. The van der Waals surface area contributed by atoms with Crippen LogP contribution in [0.3, 0.4) is 0 Å². The average Bonchev–Trinajstić information content (AvgIpc) is 2.36. The van der Waals surface area contributed by atoms with Crippen molar-refractivity contribution < 1.29 is 0 Å². The van der Waals surface area contributed by atoms with Crippen molar-refractivity contribution in [3.8, 4) is 0 Å². The third kappa shape index (κ3) is 3.57. The van der Waals surface area contributed by atoms with E-state index < -0.39 is 0 Å². The fourth-order valence-electron chi connectivity index (χ4n) is 1.47. The zero-order valence-electron chi connectivity index (χ0n) is 9.58. The van der Waals surface area contributed by atoms with E-state index in [-0.39, 0.29) is 5.84 Å². The van der Waals surface area contributed by atoms with Gasteiger partial charge < -0.3 is 5.73 Å². The van der Waals surface area contributed by atoms with E-state index in [4.69, 9.17) is 45.9 Å². The third-order valence-corrected chi connectivity index (χ3v) is 4.39. The summed E-state index contributed by atoms with van der Waals surface area (Å²) in [4.78, 5) is 1.76. The quantitative estimate of drug-likeness (QED) is 0.608. The molecule has 3 N–H and O–H groups in total. The zero-order valence-corrected chi connectivity index (χ0v) is 12.7. The second kappa shape index (κ2) is 6.06. The number of amidine groups is 1. The highest BCUT2D eigenvalue weighted by atomic mass is 35.5. The molecule has 2 aromatic rings. The van der Waals surface area contributed by atoms with Gasteiger partial charge in [-0.25, -0.2) is 0 Å². The van der Waals surface area contributed by atoms with Gasteiger partial charge in [0.15, 0.2) is 0 Å². The van der Waals surface area contributed by atoms with Gasteiger partial charge in [0, 0.05) is 20.4 Å². The molecular weight excluding hydrogens is 323 g/mol. The molecule has 0 radical (unpaired) electrons. The predicted octanol–water partition coefficient (Wildman–Crippen LogP) is 5.08. The average molecular weight is 332 g/mol. The van der Waals surface area contributed by atoms with Crippen LogP contribution in [-0.4, -0.2) is 5.84 Å². The van der Waals surface area contributed by atoms with Crippen molar-refractivity contribution in [3.63, 3.8) is 0 Å². The predicted molar refractivity (Wildman–Crippen MR) is 83.1 cm³/mol. The lowest BCUT2D eigenvalue weighted by atomic mass is 10.2. The molecule has 0 bridgehead atoms. The Kier molecular flexibility index (Phi) is 4.63. The van der Waals surface area contributed by atoms with Gasteiger partial charge in [-0.3, -0.25) is 5.41 Å². The maximum atomic E-state index is 7.57. The molecule has 0 aliphatic heterocycles. The summed E-state index contributed by atoms with van der Waals surface area (Å²) >= 11 is 19.2. The first kappa shape index (κ1) is 14.5. The summed E-state index contributed by atoms with van der Waals surface area (Å²) in [6.07, 6.45) is 0. The van der Waals surface area contributed by atoms with Crippen molar-refractivity contribution >= 4 is 52.4 Å². The summed E-state index contributed by atoms with van der Waals surface area (Å²) < 4.78 is 0. The fraction of sp³-hybridized carbons (Fsp3) is 0. The van der Waals surface area contributed by atoms with Gasteiger partial charge in [-0.1, -0.05) is 46.6 Å². The summed E-state index contributed by atoms with van der Waals surface area (Å²) in [6, 6.07) is 10.6. The van der Waals surface area contributed by atoms with Gasteiger partial charge in [0.1, 0.15) is 5.84 Å². The summed E-state index contributed by atoms with van der Waals surface area (Å²) in [7, 11) is 0. The Morgan fingerprint density at radius 1 is 1.00 bits per heavy atom. The molecule has 0 spiro atoms. The standard InChI is InChI=1S/C13H9Cl3N2S/c14-7-1-4-12(9(5-7)13(17)18)19-8-2-3-10(15)11(16)6-8/h1-6H,(H3,17,18). The highest BCUT2D eigenvalue weighted by molar-refractivity contribution is 7.99. The Hall–Kier alpha value is -0.870. The van der Waals surface area contributed by atoms with E-state index in [9.17, 15) is 0 Å².